The maximum atomic E-state index is 2.27. The molecular weight excluding hydrogens is 103 g/mol. The Balaban J connectivity index is 2.83. The van der Waals surface area contributed by atoms with Crippen molar-refractivity contribution < 1.29 is 0 Å². The smallest absolute Gasteiger partial charge is 0.205 e. The normalized spacial score (nSPS) is 9.00. The maximum Gasteiger partial charge on any atom is 0.205 e. The summed E-state index contributed by atoms with van der Waals surface area (Å²) >= 11 is 1.95. The highest BCUT2D eigenvalue weighted by molar-refractivity contribution is 8.24. The first-order chi connectivity index (χ1) is 3.31. The minimum atomic E-state index is 0.866. The summed E-state index contributed by atoms with van der Waals surface area (Å²) in [6, 6.07) is 0. The van der Waals surface area contributed by atoms with Crippen molar-refractivity contribution in [2.24, 2.45) is 0 Å². The molecule has 0 aliphatic carbocycles. The second kappa shape index (κ2) is 4.57. The van der Waals surface area contributed by atoms with Crippen LogP contribution in [0.1, 0.15) is 13.3 Å². The molecule has 0 rings (SSSR count). The Bertz CT molecular complexity index is 39.1. The third kappa shape index (κ3) is 4.26. The zero-order valence-electron chi connectivity index (χ0n) is 5.40. The number of hydrogen-bond acceptors (Lipinski definition) is 1. The van der Waals surface area contributed by atoms with Gasteiger partial charge in [-0.2, -0.15) is 0 Å². The molecule has 0 bridgehead atoms. The van der Waals surface area contributed by atoms with Crippen molar-refractivity contribution in [2.75, 3.05) is 6.26 Å². The summed E-state index contributed by atoms with van der Waals surface area (Å²) in [7, 11) is 0. The highest BCUT2D eigenvalue weighted by Gasteiger charge is 1.99. The monoisotopic (exact) mass is 116 g/mol. The van der Waals surface area contributed by atoms with Gasteiger partial charge in [0.15, 0.2) is 0 Å². The molecule has 0 atom stereocenters. The van der Waals surface area contributed by atoms with E-state index >= 15 is 0 Å². The zero-order chi connectivity index (χ0) is 5.70. The van der Waals surface area contributed by atoms with Crippen LogP contribution >= 0.6 is 11.6 Å². The molecule has 0 radical (unpaired) electrons. The Morgan fingerprint density at radius 3 is 2.29 bits per heavy atom. The lowest BCUT2D eigenvalue weighted by Crippen LogP contribution is -1.96. The molecule has 0 nitrogen and oxygen atoms in total. The molecule has 0 aliphatic rings. The van der Waals surface area contributed by atoms with E-state index in [9.17, 15) is 0 Å². The van der Waals surface area contributed by atoms with Gasteiger partial charge in [0.1, 0.15) is 0 Å². The molecule has 0 N–H and O–H groups in total. The lowest BCUT2D eigenvalue weighted by molar-refractivity contribution is 1.07. The van der Waals surface area contributed by atoms with Gasteiger partial charge in [-0.3, -0.25) is 0 Å². The Kier molecular flexibility index (Phi) is 4.84. The molecule has 0 heterocycles. The quantitative estimate of drug-likeness (QED) is 0.510. The van der Waals surface area contributed by atoms with Crippen molar-refractivity contribution in [1.29, 1.82) is 0 Å². The molecule has 42 valence electrons. The molecule has 0 spiro atoms. The van der Waals surface area contributed by atoms with Gasteiger partial charge in [-0.25, -0.2) is 11.6 Å². The van der Waals surface area contributed by atoms with Crippen LogP contribution in [-0.2, 0) is 0 Å². The van der Waals surface area contributed by atoms with E-state index in [1.807, 2.05) is 11.6 Å². The van der Waals surface area contributed by atoms with Crippen LogP contribution in [0.15, 0.2) is 0 Å². The van der Waals surface area contributed by atoms with E-state index in [4.69, 9.17) is 0 Å². The summed E-state index contributed by atoms with van der Waals surface area (Å²) in [4.78, 5) is 0. The minimum absolute atomic E-state index is 0.866. The van der Waals surface area contributed by atoms with Crippen molar-refractivity contribution in [3.05, 3.63) is 0 Å². The fourth-order valence-corrected chi connectivity index (χ4v) is 0.996. The summed E-state index contributed by atoms with van der Waals surface area (Å²) in [5.74, 6) is 0.866. The van der Waals surface area contributed by atoms with Crippen LogP contribution in [0.3, 0.4) is 0 Å². The van der Waals surface area contributed by atoms with E-state index in [-0.39, 0.29) is 0 Å². The van der Waals surface area contributed by atoms with Gasteiger partial charge >= 0.3 is 0 Å². The molecular formula is C5H13BS. The van der Waals surface area contributed by atoms with Gasteiger partial charge in [0, 0.05) is 0 Å². The summed E-state index contributed by atoms with van der Waals surface area (Å²) < 4.78 is 0. The number of hydrogen-bond donors (Lipinski definition) is 0. The molecule has 0 aliphatic heterocycles. The first kappa shape index (κ1) is 7.41. The van der Waals surface area contributed by atoms with Gasteiger partial charge in [0.25, 0.3) is 0 Å². The average Bonchev–Trinajstić information content (AvgIpc) is 1.68. The van der Waals surface area contributed by atoms with Crippen LogP contribution in [0, 0.1) is 0 Å². The van der Waals surface area contributed by atoms with E-state index in [1.165, 1.54) is 12.7 Å². The van der Waals surface area contributed by atoms with Crippen LogP contribution in [0.4, 0.5) is 0 Å². The van der Waals surface area contributed by atoms with Gasteiger partial charge in [-0.05, 0) is 6.26 Å². The van der Waals surface area contributed by atoms with Gasteiger partial charge in [-0.1, -0.05) is 26.5 Å². The van der Waals surface area contributed by atoms with E-state index < -0.39 is 0 Å². The first-order valence-electron chi connectivity index (χ1n) is 2.84. The highest BCUT2D eigenvalue weighted by atomic mass is 32.2. The summed E-state index contributed by atoms with van der Waals surface area (Å²) in [6.45, 7) is 4.50. The molecule has 0 unspecified atom stereocenters. The zero-order valence-corrected chi connectivity index (χ0v) is 6.22. The van der Waals surface area contributed by atoms with Crippen LogP contribution in [-0.4, -0.2) is 12.2 Å². The lowest BCUT2D eigenvalue weighted by Gasteiger charge is -1.97. The minimum Gasteiger partial charge on any atom is -0.214 e. The van der Waals surface area contributed by atoms with Crippen molar-refractivity contribution in [1.82, 2.24) is 0 Å². The number of rotatable bonds is 3. The Morgan fingerprint density at radius 1 is 1.57 bits per heavy atom. The van der Waals surface area contributed by atoms with Crippen LogP contribution < -0.4 is 0 Å². The Hall–Kier alpha value is 0.415. The molecule has 0 fully saturated rings. The van der Waals surface area contributed by atoms with Gasteiger partial charge in [-0.15, -0.1) is 0 Å². The molecule has 0 aromatic rings. The summed E-state index contributed by atoms with van der Waals surface area (Å²) in [5.41, 5.74) is 0. The van der Waals surface area contributed by atoms with Crippen molar-refractivity contribution in [2.45, 2.75) is 26.5 Å². The van der Waals surface area contributed by atoms with Crippen molar-refractivity contribution in [3.8, 4) is 0 Å². The topological polar surface area (TPSA) is 0 Å². The molecule has 7 heavy (non-hydrogen) atoms. The van der Waals surface area contributed by atoms with Crippen LogP contribution in [0.2, 0.25) is 13.1 Å². The Morgan fingerprint density at radius 2 is 2.14 bits per heavy atom. The molecule has 0 saturated carbocycles. The molecule has 2 heteroatoms. The van der Waals surface area contributed by atoms with Crippen LogP contribution in [0.25, 0.3) is 0 Å². The summed E-state index contributed by atoms with van der Waals surface area (Å²) in [6.07, 6.45) is 4.85. The molecule has 0 aromatic carbocycles. The largest absolute Gasteiger partial charge is 0.214 e. The first-order valence-corrected chi connectivity index (χ1v) is 4.12. The third-order valence-electron chi connectivity index (χ3n) is 1.10. The summed E-state index contributed by atoms with van der Waals surface area (Å²) in [5, 5.41) is 0. The van der Waals surface area contributed by atoms with E-state index in [1.54, 1.807) is 0 Å². The molecule has 0 aromatic heterocycles. The fourth-order valence-electron chi connectivity index (χ4n) is 0.524. The van der Waals surface area contributed by atoms with Crippen molar-refractivity contribution >= 4 is 17.6 Å². The predicted octanol–water partition coefficient (Wildman–Crippen LogP) is 2.38. The van der Waals surface area contributed by atoms with Gasteiger partial charge < -0.3 is 0 Å². The predicted molar refractivity (Wildman–Crippen MR) is 40.2 cm³/mol. The second-order valence-electron chi connectivity index (χ2n) is 1.83. The highest BCUT2D eigenvalue weighted by Crippen LogP contribution is 2.07. The SMILES string of the molecule is CCCB(C)SC. The third-order valence-corrected chi connectivity index (χ3v) is 2.14. The van der Waals surface area contributed by atoms with E-state index in [0.717, 1.165) is 5.99 Å². The molecule has 0 amide bonds. The van der Waals surface area contributed by atoms with Crippen molar-refractivity contribution in [3.63, 3.8) is 0 Å². The average molecular weight is 116 g/mol. The van der Waals surface area contributed by atoms with E-state index in [2.05, 4.69) is 20.0 Å². The Labute approximate surface area is 51.0 Å². The van der Waals surface area contributed by atoms with Crippen LogP contribution in [0.5, 0.6) is 0 Å². The standard InChI is InChI=1S/C5H13BS/c1-4-5-6(2)7-3/h4-5H2,1-3H3. The molecule has 0 saturated heterocycles. The lowest BCUT2D eigenvalue weighted by atomic mass is 9.74. The van der Waals surface area contributed by atoms with E-state index in [0.29, 0.717) is 0 Å². The van der Waals surface area contributed by atoms with Gasteiger partial charge in [0.05, 0.1) is 0 Å². The van der Waals surface area contributed by atoms with Gasteiger partial charge in [0.2, 0.25) is 5.99 Å². The fraction of sp³-hybridized carbons (Fsp3) is 1.00. The second-order valence-corrected chi connectivity index (χ2v) is 3.11. The maximum absolute atomic E-state index is 2.27.